The molecule has 0 saturated carbocycles. The minimum atomic E-state index is 0.287. The molecule has 0 aromatic heterocycles. The number of benzene rings is 1. The summed E-state index contributed by atoms with van der Waals surface area (Å²) in [6.45, 7) is 6.26. The zero-order valence-electron chi connectivity index (χ0n) is 13.1. The Bertz CT molecular complexity index is 412. The smallest absolute Gasteiger partial charge is 0.121 e. The molecule has 4 nitrogen and oxygen atoms in total. The lowest BCUT2D eigenvalue weighted by Gasteiger charge is -2.32. The number of piperidine rings is 1. The molecule has 0 radical (unpaired) electrons. The van der Waals surface area contributed by atoms with Gasteiger partial charge in [-0.25, -0.2) is 0 Å². The summed E-state index contributed by atoms with van der Waals surface area (Å²) < 4.78 is 11.3. The topological polar surface area (TPSA) is 47.7 Å². The summed E-state index contributed by atoms with van der Waals surface area (Å²) in [7, 11) is 0. The summed E-state index contributed by atoms with van der Waals surface area (Å²) >= 11 is 0. The van der Waals surface area contributed by atoms with Gasteiger partial charge in [-0.1, -0.05) is 19.4 Å². The van der Waals surface area contributed by atoms with Gasteiger partial charge in [-0.3, -0.25) is 0 Å². The van der Waals surface area contributed by atoms with Gasteiger partial charge in [0.05, 0.1) is 6.61 Å². The van der Waals surface area contributed by atoms with Crippen LogP contribution < -0.4 is 15.4 Å². The first-order chi connectivity index (χ1) is 10.3. The molecule has 118 valence electrons. The lowest BCUT2D eigenvalue weighted by molar-refractivity contribution is 0.0981. The second kappa shape index (κ2) is 8.90. The highest BCUT2D eigenvalue weighted by Crippen LogP contribution is 2.23. The average Bonchev–Trinajstić information content (AvgIpc) is 2.51. The summed E-state index contributed by atoms with van der Waals surface area (Å²) in [5, 5.41) is 0. The van der Waals surface area contributed by atoms with Crippen molar-refractivity contribution in [3.63, 3.8) is 0 Å². The van der Waals surface area contributed by atoms with Crippen LogP contribution in [0.25, 0.3) is 0 Å². The van der Waals surface area contributed by atoms with Crippen molar-refractivity contribution < 1.29 is 9.47 Å². The van der Waals surface area contributed by atoms with Crippen LogP contribution in [0.3, 0.4) is 0 Å². The third-order valence-corrected chi connectivity index (χ3v) is 3.78. The van der Waals surface area contributed by atoms with Crippen LogP contribution in [0, 0.1) is 0 Å². The van der Waals surface area contributed by atoms with Crippen molar-refractivity contribution in [2.24, 2.45) is 5.73 Å². The fraction of sp³-hybridized carbons (Fsp3) is 0.647. The maximum atomic E-state index is 6.05. The van der Waals surface area contributed by atoms with Crippen molar-refractivity contribution >= 4 is 5.69 Å². The van der Waals surface area contributed by atoms with Gasteiger partial charge in [0.15, 0.2) is 0 Å². The summed E-state index contributed by atoms with van der Waals surface area (Å²) in [5.74, 6) is 0.908. The van der Waals surface area contributed by atoms with Gasteiger partial charge in [0.25, 0.3) is 0 Å². The van der Waals surface area contributed by atoms with E-state index in [-0.39, 0.29) is 6.04 Å². The Morgan fingerprint density at radius 2 is 2.19 bits per heavy atom. The Kier molecular flexibility index (Phi) is 6.83. The highest BCUT2D eigenvalue weighted by molar-refractivity contribution is 5.51. The molecule has 2 N–H and O–H groups in total. The van der Waals surface area contributed by atoms with Crippen LogP contribution in [0.4, 0.5) is 5.69 Å². The molecule has 1 fully saturated rings. The lowest BCUT2D eigenvalue weighted by Crippen LogP contribution is -2.42. The molecule has 1 unspecified atom stereocenters. The maximum absolute atomic E-state index is 6.05. The van der Waals surface area contributed by atoms with E-state index in [1.165, 1.54) is 12.1 Å². The van der Waals surface area contributed by atoms with Crippen LogP contribution in [-0.2, 0) is 4.74 Å². The summed E-state index contributed by atoms with van der Waals surface area (Å²) in [4.78, 5) is 2.35. The number of nitrogens with two attached hydrogens (primary N) is 1. The number of hydrogen-bond donors (Lipinski definition) is 1. The maximum Gasteiger partial charge on any atom is 0.121 e. The number of hydrogen-bond acceptors (Lipinski definition) is 4. The van der Waals surface area contributed by atoms with Crippen molar-refractivity contribution in [3.8, 4) is 5.75 Å². The van der Waals surface area contributed by atoms with Crippen LogP contribution in [0.2, 0.25) is 0 Å². The fourth-order valence-corrected chi connectivity index (χ4v) is 2.58. The van der Waals surface area contributed by atoms with E-state index in [0.717, 1.165) is 44.7 Å². The van der Waals surface area contributed by atoms with Crippen molar-refractivity contribution in [2.45, 2.75) is 38.6 Å². The first-order valence-corrected chi connectivity index (χ1v) is 8.10. The highest BCUT2D eigenvalue weighted by Gasteiger charge is 2.17. The van der Waals surface area contributed by atoms with Crippen LogP contribution >= 0.6 is 0 Å². The van der Waals surface area contributed by atoms with E-state index in [9.17, 15) is 0 Å². The van der Waals surface area contributed by atoms with E-state index in [1.807, 2.05) is 12.1 Å². The third kappa shape index (κ3) is 5.56. The number of nitrogens with zero attached hydrogens (tertiary/aromatic N) is 1. The first kappa shape index (κ1) is 16.1. The molecule has 2 rings (SSSR count). The van der Waals surface area contributed by atoms with Crippen LogP contribution in [0.1, 0.15) is 32.6 Å². The Morgan fingerprint density at radius 1 is 1.29 bits per heavy atom. The lowest BCUT2D eigenvalue weighted by atomic mass is 10.1. The van der Waals surface area contributed by atoms with Crippen molar-refractivity contribution in [3.05, 3.63) is 24.3 Å². The second-order valence-electron chi connectivity index (χ2n) is 5.66. The van der Waals surface area contributed by atoms with Gasteiger partial charge in [-0.15, -0.1) is 0 Å². The normalized spacial score (nSPS) is 18.8. The first-order valence-electron chi connectivity index (χ1n) is 8.10. The number of rotatable bonds is 8. The molecule has 21 heavy (non-hydrogen) atoms. The summed E-state index contributed by atoms with van der Waals surface area (Å²) in [6, 6.07) is 8.56. The van der Waals surface area contributed by atoms with Gasteiger partial charge < -0.3 is 20.1 Å². The molecular weight excluding hydrogens is 264 g/mol. The second-order valence-corrected chi connectivity index (χ2v) is 5.66. The predicted octanol–water partition coefficient (Wildman–Crippen LogP) is 2.81. The number of unbranched alkanes of at least 4 members (excludes halogenated alkanes) is 1. The molecule has 0 amide bonds. The van der Waals surface area contributed by atoms with Crippen LogP contribution in [0.5, 0.6) is 5.75 Å². The molecule has 4 heteroatoms. The Morgan fingerprint density at radius 3 is 3.00 bits per heavy atom. The quantitative estimate of drug-likeness (QED) is 0.749. The Hall–Kier alpha value is -1.26. The third-order valence-electron chi connectivity index (χ3n) is 3.78. The molecule has 0 bridgehead atoms. The molecule has 1 aliphatic heterocycles. The monoisotopic (exact) mass is 292 g/mol. The number of ether oxygens (including phenoxy) is 2. The van der Waals surface area contributed by atoms with Gasteiger partial charge in [0.1, 0.15) is 12.4 Å². The van der Waals surface area contributed by atoms with Crippen molar-refractivity contribution in [2.75, 3.05) is 37.8 Å². The van der Waals surface area contributed by atoms with E-state index in [0.29, 0.717) is 13.2 Å². The summed E-state index contributed by atoms with van der Waals surface area (Å²) in [5.41, 5.74) is 7.25. The standard InChI is InChI=1S/C17H28N2O2/c1-2-3-10-20-11-12-21-17-8-4-7-16(13-17)19-9-5-6-15(18)14-19/h4,7-8,13,15H,2-3,5-6,9-12,14,18H2,1H3. The summed E-state index contributed by atoms with van der Waals surface area (Å²) in [6.07, 6.45) is 4.57. The Balaban J connectivity index is 1.78. The van der Waals surface area contributed by atoms with Gasteiger partial charge in [0, 0.05) is 37.5 Å². The van der Waals surface area contributed by atoms with E-state index in [1.54, 1.807) is 0 Å². The van der Waals surface area contributed by atoms with Gasteiger partial charge in [-0.2, -0.15) is 0 Å². The minimum absolute atomic E-state index is 0.287. The van der Waals surface area contributed by atoms with E-state index in [4.69, 9.17) is 15.2 Å². The largest absolute Gasteiger partial charge is 0.491 e. The van der Waals surface area contributed by atoms with Gasteiger partial charge >= 0.3 is 0 Å². The molecule has 0 aliphatic carbocycles. The average molecular weight is 292 g/mol. The fourth-order valence-electron chi connectivity index (χ4n) is 2.58. The zero-order chi connectivity index (χ0) is 14.9. The van der Waals surface area contributed by atoms with Crippen molar-refractivity contribution in [1.29, 1.82) is 0 Å². The molecule has 1 aliphatic rings. The minimum Gasteiger partial charge on any atom is -0.491 e. The SMILES string of the molecule is CCCCOCCOc1cccc(N2CCCC(N)C2)c1. The van der Waals surface area contributed by atoms with Crippen LogP contribution in [0.15, 0.2) is 24.3 Å². The highest BCUT2D eigenvalue weighted by atomic mass is 16.5. The van der Waals surface area contributed by atoms with Gasteiger partial charge in [0.2, 0.25) is 0 Å². The number of anilines is 1. The molecule has 1 aromatic carbocycles. The van der Waals surface area contributed by atoms with Crippen LogP contribution in [-0.4, -0.2) is 39.0 Å². The Labute approximate surface area is 128 Å². The zero-order valence-corrected chi connectivity index (χ0v) is 13.1. The van der Waals surface area contributed by atoms with Gasteiger partial charge in [-0.05, 0) is 31.4 Å². The van der Waals surface area contributed by atoms with E-state index < -0.39 is 0 Å². The predicted molar refractivity (Wildman–Crippen MR) is 87.1 cm³/mol. The molecule has 1 atom stereocenters. The van der Waals surface area contributed by atoms with Crippen molar-refractivity contribution in [1.82, 2.24) is 0 Å². The molecule has 1 saturated heterocycles. The molecule has 1 aromatic rings. The molecule has 0 spiro atoms. The molecular formula is C17H28N2O2. The van der Waals surface area contributed by atoms with E-state index in [2.05, 4.69) is 24.0 Å². The molecule has 1 heterocycles. The van der Waals surface area contributed by atoms with E-state index >= 15 is 0 Å².